The lowest BCUT2D eigenvalue weighted by Gasteiger charge is -2.17. The van der Waals surface area contributed by atoms with E-state index in [0.29, 0.717) is 48.4 Å². The lowest BCUT2D eigenvalue weighted by atomic mass is 10.1. The van der Waals surface area contributed by atoms with E-state index >= 15 is 0 Å². The first kappa shape index (κ1) is 20.7. The van der Waals surface area contributed by atoms with Crippen LogP contribution in [-0.4, -0.2) is 51.9 Å². The lowest BCUT2D eigenvalue weighted by Crippen LogP contribution is -2.24. The molecule has 1 aliphatic heterocycles. The van der Waals surface area contributed by atoms with Crippen LogP contribution in [0.1, 0.15) is 23.7 Å². The van der Waals surface area contributed by atoms with Crippen LogP contribution in [0.15, 0.2) is 59.1 Å². The van der Waals surface area contributed by atoms with Gasteiger partial charge in [0.1, 0.15) is 5.69 Å². The third kappa shape index (κ3) is 4.17. The van der Waals surface area contributed by atoms with Crippen LogP contribution in [0.4, 0.5) is 0 Å². The third-order valence-corrected chi connectivity index (χ3v) is 5.72. The third-order valence-electron chi connectivity index (χ3n) is 5.72. The summed E-state index contributed by atoms with van der Waals surface area (Å²) in [5.41, 5.74) is 3.38. The SMILES string of the molecule is COc1ccc(CN2CC(c3noc(-c4cc(-c5ccccc5)n[nH]4)n3)CC2=O)cc1OC. The van der Waals surface area contributed by atoms with Crippen molar-refractivity contribution in [2.24, 2.45) is 0 Å². The Morgan fingerprint density at radius 2 is 1.91 bits per heavy atom. The molecule has 168 valence electrons. The summed E-state index contributed by atoms with van der Waals surface area (Å²) < 4.78 is 16.1. The minimum Gasteiger partial charge on any atom is -0.493 e. The van der Waals surface area contributed by atoms with Crippen LogP contribution in [-0.2, 0) is 11.3 Å². The van der Waals surface area contributed by atoms with Gasteiger partial charge in [-0.05, 0) is 23.8 Å². The molecule has 33 heavy (non-hydrogen) atoms. The minimum absolute atomic E-state index is 0.0500. The Morgan fingerprint density at radius 1 is 1.09 bits per heavy atom. The normalized spacial score (nSPS) is 15.8. The molecular formula is C24H23N5O4. The number of nitrogens with zero attached hydrogens (tertiary/aromatic N) is 4. The molecule has 0 bridgehead atoms. The van der Waals surface area contributed by atoms with E-state index in [0.717, 1.165) is 16.8 Å². The number of likely N-dealkylation sites (tertiary alicyclic amines) is 1. The Hall–Kier alpha value is -4.14. The maximum absolute atomic E-state index is 12.6. The Balaban J connectivity index is 1.28. The van der Waals surface area contributed by atoms with Gasteiger partial charge in [-0.2, -0.15) is 10.1 Å². The first-order valence-corrected chi connectivity index (χ1v) is 10.6. The van der Waals surface area contributed by atoms with Crippen molar-refractivity contribution in [1.82, 2.24) is 25.2 Å². The summed E-state index contributed by atoms with van der Waals surface area (Å²) in [4.78, 5) is 19.0. The number of rotatable bonds is 7. The van der Waals surface area contributed by atoms with Gasteiger partial charge in [0.05, 0.1) is 19.9 Å². The molecule has 0 aliphatic carbocycles. The number of methoxy groups -OCH3 is 2. The number of aromatic amines is 1. The van der Waals surface area contributed by atoms with Crippen molar-refractivity contribution in [3.05, 3.63) is 66.0 Å². The number of nitrogens with one attached hydrogen (secondary N) is 1. The van der Waals surface area contributed by atoms with Gasteiger partial charge in [-0.1, -0.05) is 41.6 Å². The molecule has 3 heterocycles. The van der Waals surface area contributed by atoms with E-state index in [1.807, 2.05) is 54.6 Å². The Bertz CT molecular complexity index is 1270. The number of amides is 1. The summed E-state index contributed by atoms with van der Waals surface area (Å²) in [6.45, 7) is 0.992. The largest absolute Gasteiger partial charge is 0.493 e. The predicted octanol–water partition coefficient (Wildman–Crippen LogP) is 3.66. The standard InChI is InChI=1S/C24H23N5O4/c1-31-20-9-8-15(10-21(20)32-2)13-29-14-17(11-22(29)30)23-25-24(33-28-23)19-12-18(26-27-19)16-6-4-3-5-7-16/h3-10,12,17H,11,13-14H2,1-2H3,(H,26,27). The average molecular weight is 445 g/mol. The van der Waals surface area contributed by atoms with Crippen molar-refractivity contribution >= 4 is 5.91 Å². The molecule has 0 saturated carbocycles. The highest BCUT2D eigenvalue weighted by atomic mass is 16.5. The number of carbonyl (C=O) groups excluding carboxylic acids is 1. The number of aromatic nitrogens is 4. The van der Waals surface area contributed by atoms with Gasteiger partial charge in [-0.25, -0.2) is 0 Å². The maximum atomic E-state index is 12.6. The second kappa shape index (κ2) is 8.78. The monoisotopic (exact) mass is 445 g/mol. The van der Waals surface area contributed by atoms with Crippen molar-refractivity contribution in [3.8, 4) is 34.3 Å². The highest BCUT2D eigenvalue weighted by Gasteiger charge is 2.34. The van der Waals surface area contributed by atoms with Crippen LogP contribution < -0.4 is 9.47 Å². The summed E-state index contributed by atoms with van der Waals surface area (Å²) in [6.07, 6.45) is 0.338. The van der Waals surface area contributed by atoms with Crippen molar-refractivity contribution in [2.45, 2.75) is 18.9 Å². The number of benzene rings is 2. The highest BCUT2D eigenvalue weighted by molar-refractivity contribution is 5.79. The molecule has 1 aliphatic rings. The molecule has 1 N–H and O–H groups in total. The minimum atomic E-state index is -0.133. The smallest absolute Gasteiger partial charge is 0.275 e. The van der Waals surface area contributed by atoms with E-state index in [9.17, 15) is 4.79 Å². The molecule has 0 radical (unpaired) electrons. The van der Waals surface area contributed by atoms with E-state index in [1.165, 1.54) is 0 Å². The topological polar surface area (TPSA) is 106 Å². The van der Waals surface area contributed by atoms with E-state index in [2.05, 4.69) is 20.3 Å². The molecule has 9 heteroatoms. The lowest BCUT2D eigenvalue weighted by molar-refractivity contribution is -0.128. The number of carbonyl (C=O) groups is 1. The molecule has 9 nitrogen and oxygen atoms in total. The van der Waals surface area contributed by atoms with Crippen molar-refractivity contribution in [1.29, 1.82) is 0 Å². The molecule has 5 rings (SSSR count). The van der Waals surface area contributed by atoms with Gasteiger partial charge in [-0.3, -0.25) is 9.89 Å². The zero-order valence-electron chi connectivity index (χ0n) is 18.3. The second-order valence-electron chi connectivity index (χ2n) is 7.86. The molecule has 1 amide bonds. The molecule has 2 aromatic carbocycles. The van der Waals surface area contributed by atoms with Gasteiger partial charge < -0.3 is 18.9 Å². The van der Waals surface area contributed by atoms with Crippen molar-refractivity contribution in [3.63, 3.8) is 0 Å². The van der Waals surface area contributed by atoms with Gasteiger partial charge >= 0.3 is 0 Å². The van der Waals surface area contributed by atoms with Gasteiger partial charge in [0.25, 0.3) is 5.89 Å². The van der Waals surface area contributed by atoms with Crippen LogP contribution in [0.25, 0.3) is 22.8 Å². The number of H-pyrrole nitrogens is 1. The maximum Gasteiger partial charge on any atom is 0.275 e. The molecule has 1 atom stereocenters. The summed E-state index contributed by atoms with van der Waals surface area (Å²) >= 11 is 0. The molecule has 4 aromatic rings. The first-order chi connectivity index (χ1) is 16.1. The Kier molecular flexibility index (Phi) is 5.52. The van der Waals surface area contributed by atoms with E-state index < -0.39 is 0 Å². The molecular weight excluding hydrogens is 422 g/mol. The first-order valence-electron chi connectivity index (χ1n) is 10.6. The van der Waals surface area contributed by atoms with E-state index in [1.54, 1.807) is 19.1 Å². The Morgan fingerprint density at radius 3 is 2.70 bits per heavy atom. The number of hydrogen-bond acceptors (Lipinski definition) is 7. The fourth-order valence-corrected chi connectivity index (χ4v) is 4.00. The zero-order chi connectivity index (χ0) is 22.8. The average Bonchev–Trinajstić information content (AvgIpc) is 3.60. The van der Waals surface area contributed by atoms with Crippen LogP contribution in [0.2, 0.25) is 0 Å². The summed E-state index contributed by atoms with van der Waals surface area (Å²) in [5, 5.41) is 11.4. The quantitative estimate of drug-likeness (QED) is 0.463. The van der Waals surface area contributed by atoms with Crippen LogP contribution in [0.3, 0.4) is 0 Å². The molecule has 2 aromatic heterocycles. The zero-order valence-corrected chi connectivity index (χ0v) is 18.3. The van der Waals surface area contributed by atoms with Crippen molar-refractivity contribution in [2.75, 3.05) is 20.8 Å². The fourth-order valence-electron chi connectivity index (χ4n) is 4.00. The van der Waals surface area contributed by atoms with Crippen molar-refractivity contribution < 1.29 is 18.8 Å². The van der Waals surface area contributed by atoms with E-state index in [-0.39, 0.29) is 11.8 Å². The fraction of sp³-hybridized carbons (Fsp3) is 0.250. The van der Waals surface area contributed by atoms with E-state index in [4.69, 9.17) is 14.0 Å². The Labute approximate surface area is 190 Å². The molecule has 1 saturated heterocycles. The molecule has 1 unspecified atom stereocenters. The summed E-state index contributed by atoms with van der Waals surface area (Å²) in [5.74, 6) is 2.08. The van der Waals surface area contributed by atoms with Gasteiger partial charge in [0, 0.05) is 31.0 Å². The van der Waals surface area contributed by atoms with Crippen LogP contribution in [0.5, 0.6) is 11.5 Å². The molecule has 1 fully saturated rings. The predicted molar refractivity (Wildman–Crippen MR) is 120 cm³/mol. The number of ether oxygens (including phenoxy) is 2. The van der Waals surface area contributed by atoms with Gasteiger partial charge in [0.15, 0.2) is 17.3 Å². The highest BCUT2D eigenvalue weighted by Crippen LogP contribution is 2.32. The second-order valence-corrected chi connectivity index (χ2v) is 7.86. The number of hydrogen-bond donors (Lipinski definition) is 1. The molecule has 0 spiro atoms. The van der Waals surface area contributed by atoms with Crippen LogP contribution >= 0.6 is 0 Å². The summed E-state index contributed by atoms with van der Waals surface area (Å²) in [7, 11) is 3.19. The van der Waals surface area contributed by atoms with Gasteiger partial charge in [-0.15, -0.1) is 0 Å². The summed E-state index contributed by atoms with van der Waals surface area (Å²) in [6, 6.07) is 17.4. The van der Waals surface area contributed by atoms with Crippen LogP contribution in [0, 0.1) is 0 Å². The van der Waals surface area contributed by atoms with Gasteiger partial charge in [0.2, 0.25) is 5.91 Å².